The largest absolute Gasteiger partial charge is 0.506 e. The molecular formula is C10H9BrN2O. The Morgan fingerprint density at radius 2 is 1.71 bits per heavy atom. The minimum Gasteiger partial charge on any atom is -0.506 e. The van der Waals surface area contributed by atoms with Crippen LogP contribution in [0.25, 0.3) is 0 Å². The third kappa shape index (κ3) is 4.57. The van der Waals surface area contributed by atoms with Crippen molar-refractivity contribution in [3.63, 3.8) is 0 Å². The molecule has 0 amide bonds. The van der Waals surface area contributed by atoms with Crippen LogP contribution in [0.5, 0.6) is 5.75 Å². The van der Waals surface area contributed by atoms with E-state index in [-0.39, 0.29) is 5.75 Å². The van der Waals surface area contributed by atoms with Gasteiger partial charge in [0, 0.05) is 23.1 Å². The summed E-state index contributed by atoms with van der Waals surface area (Å²) in [7, 11) is 0. The predicted octanol–water partition coefficient (Wildman–Crippen LogP) is 2.63. The Labute approximate surface area is 90.6 Å². The average Bonchev–Trinajstić information content (AvgIpc) is 2.21. The SMILES string of the molecule is Oc1cncc(Br)c1.c1ccncc1. The lowest BCUT2D eigenvalue weighted by molar-refractivity contribution is 0.472. The molecule has 4 heteroatoms. The fourth-order valence-corrected chi connectivity index (χ4v) is 1.07. The molecule has 0 aliphatic rings. The average molecular weight is 253 g/mol. The summed E-state index contributed by atoms with van der Waals surface area (Å²) >= 11 is 3.14. The first kappa shape index (κ1) is 10.7. The van der Waals surface area contributed by atoms with Crippen molar-refractivity contribution in [1.82, 2.24) is 9.97 Å². The lowest BCUT2D eigenvalue weighted by atomic mass is 10.5. The Hall–Kier alpha value is -1.42. The van der Waals surface area contributed by atoms with Crippen molar-refractivity contribution >= 4 is 15.9 Å². The predicted molar refractivity (Wildman–Crippen MR) is 57.8 cm³/mol. The zero-order valence-corrected chi connectivity index (χ0v) is 8.92. The maximum Gasteiger partial charge on any atom is 0.134 e. The van der Waals surface area contributed by atoms with E-state index in [0.29, 0.717) is 0 Å². The van der Waals surface area contributed by atoms with E-state index in [4.69, 9.17) is 5.11 Å². The molecule has 0 fully saturated rings. The van der Waals surface area contributed by atoms with Gasteiger partial charge in [0.15, 0.2) is 0 Å². The molecule has 2 aromatic heterocycles. The quantitative estimate of drug-likeness (QED) is 0.784. The van der Waals surface area contributed by atoms with E-state index in [1.54, 1.807) is 24.7 Å². The molecule has 0 unspecified atom stereocenters. The van der Waals surface area contributed by atoms with Crippen molar-refractivity contribution in [3.8, 4) is 5.75 Å². The zero-order chi connectivity index (χ0) is 10.2. The first-order chi connectivity index (χ1) is 6.79. The van der Waals surface area contributed by atoms with Crippen LogP contribution in [0.15, 0.2) is 53.5 Å². The summed E-state index contributed by atoms with van der Waals surface area (Å²) in [6, 6.07) is 7.29. The Morgan fingerprint density at radius 1 is 1.00 bits per heavy atom. The van der Waals surface area contributed by atoms with E-state index >= 15 is 0 Å². The minimum absolute atomic E-state index is 0.180. The van der Waals surface area contributed by atoms with Crippen molar-refractivity contribution in [3.05, 3.63) is 53.5 Å². The second-order valence-corrected chi connectivity index (χ2v) is 3.30. The molecule has 0 radical (unpaired) electrons. The first-order valence-corrected chi connectivity index (χ1v) is 4.73. The second kappa shape index (κ2) is 6.10. The topological polar surface area (TPSA) is 46.0 Å². The molecule has 2 heterocycles. The molecular weight excluding hydrogens is 244 g/mol. The highest BCUT2D eigenvalue weighted by molar-refractivity contribution is 9.10. The van der Waals surface area contributed by atoms with Gasteiger partial charge in [-0.05, 0) is 34.1 Å². The fourth-order valence-electron chi connectivity index (χ4n) is 0.713. The fraction of sp³-hybridized carbons (Fsp3) is 0. The number of pyridine rings is 2. The number of aromatic hydroxyl groups is 1. The number of nitrogens with zero attached hydrogens (tertiary/aromatic N) is 2. The summed E-state index contributed by atoms with van der Waals surface area (Å²) in [4.78, 5) is 7.47. The van der Waals surface area contributed by atoms with Gasteiger partial charge < -0.3 is 5.11 Å². The van der Waals surface area contributed by atoms with Gasteiger partial charge in [-0.2, -0.15) is 0 Å². The molecule has 0 saturated carbocycles. The van der Waals surface area contributed by atoms with Gasteiger partial charge in [0.05, 0.1) is 6.20 Å². The molecule has 0 atom stereocenters. The van der Waals surface area contributed by atoms with Gasteiger partial charge in [-0.15, -0.1) is 0 Å². The molecule has 1 N–H and O–H groups in total. The molecule has 14 heavy (non-hydrogen) atoms. The Morgan fingerprint density at radius 3 is 2.00 bits per heavy atom. The van der Waals surface area contributed by atoms with Crippen molar-refractivity contribution in [2.75, 3.05) is 0 Å². The summed E-state index contributed by atoms with van der Waals surface area (Å²) < 4.78 is 0.789. The van der Waals surface area contributed by atoms with Crippen LogP contribution in [0, 0.1) is 0 Å². The number of rotatable bonds is 0. The van der Waals surface area contributed by atoms with Crippen molar-refractivity contribution in [2.45, 2.75) is 0 Å². The van der Waals surface area contributed by atoms with Crippen molar-refractivity contribution < 1.29 is 5.11 Å². The van der Waals surface area contributed by atoms with Gasteiger partial charge in [-0.3, -0.25) is 9.97 Å². The summed E-state index contributed by atoms with van der Waals surface area (Å²) in [5.74, 6) is 0.180. The summed E-state index contributed by atoms with van der Waals surface area (Å²) in [5.41, 5.74) is 0. The minimum atomic E-state index is 0.180. The molecule has 0 aromatic carbocycles. The van der Waals surface area contributed by atoms with Crippen molar-refractivity contribution in [2.24, 2.45) is 0 Å². The maximum absolute atomic E-state index is 8.72. The number of aromatic nitrogens is 2. The molecule has 3 nitrogen and oxygen atoms in total. The van der Waals surface area contributed by atoms with E-state index in [2.05, 4.69) is 25.9 Å². The van der Waals surface area contributed by atoms with E-state index in [1.807, 2.05) is 18.2 Å². The van der Waals surface area contributed by atoms with E-state index in [0.717, 1.165) is 4.47 Å². The molecule has 2 rings (SSSR count). The summed E-state index contributed by atoms with van der Waals surface area (Å²) in [6.07, 6.45) is 6.49. The highest BCUT2D eigenvalue weighted by Crippen LogP contribution is 2.12. The molecule has 0 aliphatic carbocycles. The molecule has 2 aromatic rings. The number of hydrogen-bond donors (Lipinski definition) is 1. The normalized spacial score (nSPS) is 8.64. The number of hydrogen-bond acceptors (Lipinski definition) is 3. The van der Waals surface area contributed by atoms with Gasteiger partial charge in [0.2, 0.25) is 0 Å². The molecule has 0 bridgehead atoms. The number of halogens is 1. The standard InChI is InChI=1S/C5H4BrNO.C5H5N/c6-4-1-5(8)3-7-2-4;1-2-4-6-5-3-1/h1-3,8H;1-5H. The van der Waals surface area contributed by atoms with Gasteiger partial charge in [-0.25, -0.2) is 0 Å². The Bertz CT molecular complexity index is 324. The van der Waals surface area contributed by atoms with Crippen LogP contribution < -0.4 is 0 Å². The molecule has 72 valence electrons. The Kier molecular flexibility index (Phi) is 4.64. The smallest absolute Gasteiger partial charge is 0.134 e. The van der Waals surface area contributed by atoms with Gasteiger partial charge >= 0.3 is 0 Å². The zero-order valence-electron chi connectivity index (χ0n) is 7.34. The van der Waals surface area contributed by atoms with E-state index in [1.165, 1.54) is 6.20 Å². The van der Waals surface area contributed by atoms with Crippen LogP contribution in [0.3, 0.4) is 0 Å². The third-order valence-corrected chi connectivity index (χ3v) is 1.69. The monoisotopic (exact) mass is 252 g/mol. The molecule has 0 aliphatic heterocycles. The molecule has 0 spiro atoms. The van der Waals surface area contributed by atoms with Gasteiger partial charge in [0.1, 0.15) is 5.75 Å². The van der Waals surface area contributed by atoms with E-state index in [9.17, 15) is 0 Å². The van der Waals surface area contributed by atoms with Crippen LogP contribution in [-0.4, -0.2) is 15.1 Å². The van der Waals surface area contributed by atoms with Crippen LogP contribution in [-0.2, 0) is 0 Å². The highest BCUT2D eigenvalue weighted by Gasteiger charge is 1.86. The summed E-state index contributed by atoms with van der Waals surface area (Å²) in [5, 5.41) is 8.72. The van der Waals surface area contributed by atoms with Crippen LogP contribution in [0.4, 0.5) is 0 Å². The van der Waals surface area contributed by atoms with Crippen LogP contribution in [0.1, 0.15) is 0 Å². The van der Waals surface area contributed by atoms with Crippen molar-refractivity contribution in [1.29, 1.82) is 0 Å². The lowest BCUT2D eigenvalue weighted by Gasteiger charge is -1.87. The Balaban J connectivity index is 0.000000146. The maximum atomic E-state index is 8.72. The van der Waals surface area contributed by atoms with Crippen LogP contribution >= 0.6 is 15.9 Å². The summed E-state index contributed by atoms with van der Waals surface area (Å²) in [6.45, 7) is 0. The van der Waals surface area contributed by atoms with Crippen LogP contribution in [0.2, 0.25) is 0 Å². The molecule has 0 saturated heterocycles. The lowest BCUT2D eigenvalue weighted by Crippen LogP contribution is -1.68. The second-order valence-electron chi connectivity index (χ2n) is 2.39. The first-order valence-electron chi connectivity index (χ1n) is 3.93. The van der Waals surface area contributed by atoms with Gasteiger partial charge in [-0.1, -0.05) is 6.07 Å². The van der Waals surface area contributed by atoms with Gasteiger partial charge in [0.25, 0.3) is 0 Å². The highest BCUT2D eigenvalue weighted by atomic mass is 79.9. The third-order valence-electron chi connectivity index (χ3n) is 1.26. The van der Waals surface area contributed by atoms with E-state index < -0.39 is 0 Å².